The molecule has 8 heteroatoms. The van der Waals surface area contributed by atoms with Gasteiger partial charge in [-0.15, -0.1) is 0 Å². The minimum Gasteiger partial charge on any atom is -0.493 e. The molecule has 154 valence electrons. The van der Waals surface area contributed by atoms with Gasteiger partial charge in [-0.3, -0.25) is 14.6 Å². The van der Waals surface area contributed by atoms with Gasteiger partial charge >= 0.3 is 11.3 Å². The smallest absolute Gasteiger partial charge is 0.325 e. The first-order valence-corrected chi connectivity index (χ1v) is 11.1. The first kappa shape index (κ1) is 20.2. The number of nitrogens with one attached hydrogen (secondary N) is 1. The van der Waals surface area contributed by atoms with Crippen molar-refractivity contribution in [3.8, 4) is 17.0 Å². The number of hydrogen-bond donors (Lipinski definition) is 1. The van der Waals surface area contributed by atoms with Crippen LogP contribution in [0.2, 0.25) is 0 Å². The largest absolute Gasteiger partial charge is 0.493 e. The third-order valence-electron chi connectivity index (χ3n) is 5.02. The number of benzene rings is 2. The molecule has 1 aliphatic rings. The average Bonchev–Trinajstić information content (AvgIpc) is 2.78. The molecule has 0 radical (unpaired) electrons. The molecule has 1 aromatic heterocycles. The lowest BCUT2D eigenvalue weighted by molar-refractivity contribution is -0.763. The number of thioether (sulfide) groups is 1. The first-order chi connectivity index (χ1) is 14.6. The van der Waals surface area contributed by atoms with Crippen LogP contribution < -0.4 is 19.9 Å². The third-order valence-corrected chi connectivity index (χ3v) is 5.59. The van der Waals surface area contributed by atoms with E-state index in [0.717, 1.165) is 5.56 Å². The van der Waals surface area contributed by atoms with Gasteiger partial charge < -0.3 is 4.74 Å². The highest BCUT2D eigenvalue weighted by Crippen LogP contribution is 2.39. The normalized spacial score (nSPS) is 14.8. The van der Waals surface area contributed by atoms with Crippen molar-refractivity contribution in [2.45, 2.75) is 31.6 Å². The lowest BCUT2D eigenvalue weighted by Gasteiger charge is -2.32. The molecular formula is C22H23N4O3S+. The zero-order valence-corrected chi connectivity index (χ0v) is 17.9. The van der Waals surface area contributed by atoms with Crippen LogP contribution in [0.25, 0.3) is 11.3 Å². The molecule has 7 nitrogen and oxygen atoms in total. The molecule has 4 rings (SSSR count). The van der Waals surface area contributed by atoms with Crippen LogP contribution in [0.1, 0.15) is 32.0 Å². The van der Waals surface area contributed by atoms with Crippen molar-refractivity contribution in [3.63, 3.8) is 0 Å². The third kappa shape index (κ3) is 3.27. The predicted molar refractivity (Wildman–Crippen MR) is 116 cm³/mol. The fourth-order valence-electron chi connectivity index (χ4n) is 3.77. The highest BCUT2D eigenvalue weighted by molar-refractivity contribution is 7.98. The lowest BCUT2D eigenvalue weighted by atomic mass is 10.0. The summed E-state index contributed by atoms with van der Waals surface area (Å²) in [6, 6.07) is 15.0. The quantitative estimate of drug-likeness (QED) is 0.504. The molecule has 1 unspecified atom stereocenters. The minimum absolute atomic E-state index is 0.0651. The summed E-state index contributed by atoms with van der Waals surface area (Å²) in [6.07, 6.45) is 1.52. The second kappa shape index (κ2) is 8.31. The van der Waals surface area contributed by atoms with Gasteiger partial charge in [-0.05, 0) is 42.1 Å². The maximum absolute atomic E-state index is 13.2. The number of hydrogen-bond acceptors (Lipinski definition) is 5. The van der Waals surface area contributed by atoms with Gasteiger partial charge in [0.25, 0.3) is 6.17 Å². The molecule has 0 saturated heterocycles. The fraction of sp³-hybridized carbons (Fsp3) is 0.273. The SMILES string of the molecule is CCOc1ccccc1C1N(C(=O)CC)c2ccccc2-c2c(=O)[nH]c(SC)n[n+]21. The number of ether oxygens (including phenoxy) is 1. The number of aromatic amines is 1. The van der Waals surface area contributed by atoms with E-state index in [1.807, 2.05) is 68.6 Å². The van der Waals surface area contributed by atoms with Gasteiger partial charge in [-0.2, -0.15) is 0 Å². The van der Waals surface area contributed by atoms with Crippen LogP contribution in [0.5, 0.6) is 5.75 Å². The summed E-state index contributed by atoms with van der Waals surface area (Å²) >= 11 is 1.34. The Balaban J connectivity index is 2.09. The number of anilines is 1. The Kier molecular flexibility index (Phi) is 5.59. The van der Waals surface area contributed by atoms with E-state index in [1.54, 1.807) is 9.58 Å². The molecule has 0 fully saturated rings. The van der Waals surface area contributed by atoms with Crippen LogP contribution in [-0.2, 0) is 4.79 Å². The molecule has 0 saturated carbocycles. The van der Waals surface area contributed by atoms with Crippen molar-refractivity contribution < 1.29 is 14.2 Å². The topological polar surface area (TPSA) is 79.2 Å². The molecule has 1 amide bonds. The van der Waals surface area contributed by atoms with Crippen LogP contribution in [0, 0.1) is 0 Å². The van der Waals surface area contributed by atoms with Crippen LogP contribution in [0.15, 0.2) is 58.5 Å². The lowest BCUT2D eigenvalue weighted by Crippen LogP contribution is -2.60. The van der Waals surface area contributed by atoms with E-state index in [-0.39, 0.29) is 11.5 Å². The Bertz CT molecular complexity index is 1160. The highest BCUT2D eigenvalue weighted by Gasteiger charge is 2.46. The second-order valence-corrected chi connectivity index (χ2v) is 7.53. The van der Waals surface area contributed by atoms with Crippen LogP contribution in [-0.4, -0.2) is 28.9 Å². The summed E-state index contributed by atoms with van der Waals surface area (Å²) in [7, 11) is 0. The Morgan fingerprint density at radius 2 is 1.93 bits per heavy atom. The molecule has 2 heterocycles. The molecule has 1 atom stereocenters. The molecule has 0 aliphatic carbocycles. The Hall–Kier alpha value is -3.13. The summed E-state index contributed by atoms with van der Waals surface area (Å²) in [6.45, 7) is 4.23. The molecule has 0 bridgehead atoms. The second-order valence-electron chi connectivity index (χ2n) is 6.74. The van der Waals surface area contributed by atoms with Crippen molar-refractivity contribution in [2.75, 3.05) is 17.8 Å². The summed E-state index contributed by atoms with van der Waals surface area (Å²) < 4.78 is 7.52. The number of para-hydroxylation sites is 2. The van der Waals surface area contributed by atoms with E-state index in [0.29, 0.717) is 40.9 Å². The van der Waals surface area contributed by atoms with E-state index in [4.69, 9.17) is 9.84 Å². The maximum Gasteiger partial charge on any atom is 0.325 e. The van der Waals surface area contributed by atoms with Gasteiger partial charge in [0.15, 0.2) is 0 Å². The van der Waals surface area contributed by atoms with Gasteiger partial charge in [-0.1, -0.05) is 43.0 Å². The number of aromatic nitrogens is 3. The molecule has 3 aromatic rings. The van der Waals surface area contributed by atoms with E-state index in [2.05, 4.69) is 4.98 Å². The maximum atomic E-state index is 13.2. The fourth-order valence-corrected chi connectivity index (χ4v) is 4.13. The Morgan fingerprint density at radius 1 is 1.20 bits per heavy atom. The number of H-pyrrole nitrogens is 1. The monoisotopic (exact) mass is 423 g/mol. The van der Waals surface area contributed by atoms with E-state index in [9.17, 15) is 9.59 Å². The molecule has 0 spiro atoms. The number of amides is 1. The van der Waals surface area contributed by atoms with E-state index in [1.165, 1.54) is 11.8 Å². The minimum atomic E-state index is -0.640. The summed E-state index contributed by atoms with van der Waals surface area (Å²) in [5.41, 5.74) is 2.30. The van der Waals surface area contributed by atoms with Crippen molar-refractivity contribution in [1.82, 2.24) is 10.1 Å². The van der Waals surface area contributed by atoms with Gasteiger partial charge in [0.1, 0.15) is 5.75 Å². The Labute approximate surface area is 178 Å². The molecule has 1 N–H and O–H groups in total. The zero-order chi connectivity index (χ0) is 21.3. The number of rotatable bonds is 5. The molecule has 1 aliphatic heterocycles. The molecule has 2 aromatic carbocycles. The number of nitrogens with zero attached hydrogens (tertiary/aromatic N) is 3. The van der Waals surface area contributed by atoms with Crippen molar-refractivity contribution in [1.29, 1.82) is 0 Å². The van der Waals surface area contributed by atoms with Crippen LogP contribution in [0.3, 0.4) is 0 Å². The number of carbonyl (C=O) groups excluding carboxylic acids is 1. The summed E-state index contributed by atoms with van der Waals surface area (Å²) in [4.78, 5) is 30.8. The van der Waals surface area contributed by atoms with Crippen LogP contribution >= 0.6 is 11.8 Å². The Morgan fingerprint density at radius 3 is 2.67 bits per heavy atom. The summed E-state index contributed by atoms with van der Waals surface area (Å²) in [5.74, 6) is 0.592. The van der Waals surface area contributed by atoms with E-state index < -0.39 is 6.17 Å². The summed E-state index contributed by atoms with van der Waals surface area (Å²) in [5, 5.41) is 5.17. The first-order valence-electron chi connectivity index (χ1n) is 9.84. The van der Waals surface area contributed by atoms with Crippen LogP contribution in [0.4, 0.5) is 5.69 Å². The predicted octanol–water partition coefficient (Wildman–Crippen LogP) is 3.15. The zero-order valence-electron chi connectivity index (χ0n) is 17.1. The van der Waals surface area contributed by atoms with Crippen molar-refractivity contribution >= 4 is 23.4 Å². The van der Waals surface area contributed by atoms with Gasteiger partial charge in [0, 0.05) is 11.5 Å². The van der Waals surface area contributed by atoms with Gasteiger partial charge in [0.05, 0.1) is 23.4 Å². The van der Waals surface area contributed by atoms with E-state index >= 15 is 0 Å². The highest BCUT2D eigenvalue weighted by atomic mass is 32.2. The number of carbonyl (C=O) groups is 1. The van der Waals surface area contributed by atoms with Crippen molar-refractivity contribution in [2.24, 2.45) is 0 Å². The van der Waals surface area contributed by atoms with Gasteiger partial charge in [0.2, 0.25) is 11.1 Å². The molecular weight excluding hydrogens is 400 g/mol. The van der Waals surface area contributed by atoms with Crippen molar-refractivity contribution in [3.05, 3.63) is 64.4 Å². The standard InChI is InChI=1S/C22H22N4O3S/c1-4-18(27)25-16-12-8-6-10-14(16)19-20(28)23-22(30-3)24-26(19)21(25)15-11-7-9-13-17(15)29-5-2/h6-13,21H,4-5H2,1-3H3/p+1. The average molecular weight is 424 g/mol. The van der Waals surface area contributed by atoms with Gasteiger partial charge in [-0.25, -0.2) is 4.90 Å². The molecule has 30 heavy (non-hydrogen) atoms. The number of fused-ring (bicyclic) bond motifs is 3.